The van der Waals surface area contributed by atoms with Crippen LogP contribution < -0.4 is 16.0 Å². The number of nitrogens with one attached hydrogen (secondary N) is 3. The Balaban J connectivity index is 1.86. The molecule has 0 saturated carbocycles. The summed E-state index contributed by atoms with van der Waals surface area (Å²) in [5.41, 5.74) is 1.26. The second-order valence-corrected chi connectivity index (χ2v) is 4.76. The van der Waals surface area contributed by atoms with Crippen molar-refractivity contribution in [2.24, 2.45) is 0 Å². The van der Waals surface area contributed by atoms with Gasteiger partial charge in [0.1, 0.15) is 0 Å². The largest absolute Gasteiger partial charge is 0.365 e. The van der Waals surface area contributed by atoms with Crippen molar-refractivity contribution in [3.8, 4) is 0 Å². The first kappa shape index (κ1) is 13.6. The lowest BCUT2D eigenvalue weighted by Crippen LogP contribution is -2.28. The SMILES string of the molecule is CNc1nc(CNC(=O)Nc2cccnc2Cl)cs1. The minimum Gasteiger partial charge on any atom is -0.365 e. The van der Waals surface area contributed by atoms with Crippen LogP contribution >= 0.6 is 22.9 Å². The predicted octanol–water partition coefficient (Wildman–Crippen LogP) is 2.55. The van der Waals surface area contributed by atoms with Gasteiger partial charge in [0.05, 0.1) is 17.9 Å². The van der Waals surface area contributed by atoms with Crippen molar-refractivity contribution in [2.45, 2.75) is 6.54 Å². The van der Waals surface area contributed by atoms with Crippen molar-refractivity contribution >= 4 is 39.8 Å². The van der Waals surface area contributed by atoms with E-state index in [0.717, 1.165) is 10.8 Å². The van der Waals surface area contributed by atoms with Crippen molar-refractivity contribution in [1.29, 1.82) is 0 Å². The molecule has 0 unspecified atom stereocenters. The molecule has 0 spiro atoms. The fourth-order valence-corrected chi connectivity index (χ4v) is 2.16. The van der Waals surface area contributed by atoms with E-state index in [1.807, 2.05) is 5.38 Å². The zero-order chi connectivity index (χ0) is 13.7. The first-order chi connectivity index (χ1) is 9.19. The van der Waals surface area contributed by atoms with Gasteiger partial charge < -0.3 is 16.0 Å². The summed E-state index contributed by atoms with van der Waals surface area (Å²) < 4.78 is 0. The van der Waals surface area contributed by atoms with Gasteiger partial charge >= 0.3 is 6.03 Å². The van der Waals surface area contributed by atoms with Crippen LogP contribution in [0, 0.1) is 0 Å². The molecule has 0 aromatic carbocycles. The first-order valence-electron chi connectivity index (χ1n) is 5.46. The van der Waals surface area contributed by atoms with Crippen molar-refractivity contribution in [2.75, 3.05) is 17.7 Å². The molecule has 100 valence electrons. The topological polar surface area (TPSA) is 78.9 Å². The second kappa shape index (κ2) is 6.35. The van der Waals surface area contributed by atoms with Crippen LogP contribution in [-0.2, 0) is 6.54 Å². The van der Waals surface area contributed by atoms with Gasteiger partial charge in [-0.1, -0.05) is 11.6 Å². The van der Waals surface area contributed by atoms with Crippen LogP contribution in [0.4, 0.5) is 15.6 Å². The lowest BCUT2D eigenvalue weighted by Gasteiger charge is -2.07. The third-order valence-corrected chi connectivity index (χ3v) is 3.41. The summed E-state index contributed by atoms with van der Waals surface area (Å²) in [6, 6.07) is 3.02. The summed E-state index contributed by atoms with van der Waals surface area (Å²) in [6.07, 6.45) is 1.56. The summed E-state index contributed by atoms with van der Waals surface area (Å²) in [5, 5.41) is 11.2. The molecule has 2 amide bonds. The summed E-state index contributed by atoms with van der Waals surface area (Å²) in [6.45, 7) is 0.349. The molecular weight excluding hydrogens is 286 g/mol. The summed E-state index contributed by atoms with van der Waals surface area (Å²) >= 11 is 7.32. The van der Waals surface area contributed by atoms with E-state index in [2.05, 4.69) is 25.9 Å². The average Bonchev–Trinajstić information content (AvgIpc) is 2.87. The van der Waals surface area contributed by atoms with Crippen LogP contribution in [0.25, 0.3) is 0 Å². The third-order valence-electron chi connectivity index (χ3n) is 2.20. The Morgan fingerprint density at radius 2 is 2.37 bits per heavy atom. The summed E-state index contributed by atoms with van der Waals surface area (Å²) in [5.74, 6) is 0. The quantitative estimate of drug-likeness (QED) is 0.758. The zero-order valence-corrected chi connectivity index (χ0v) is 11.7. The minimum absolute atomic E-state index is 0.253. The fourth-order valence-electron chi connectivity index (χ4n) is 1.32. The molecule has 19 heavy (non-hydrogen) atoms. The first-order valence-corrected chi connectivity index (χ1v) is 6.72. The van der Waals surface area contributed by atoms with Gasteiger partial charge in [0.15, 0.2) is 10.3 Å². The van der Waals surface area contributed by atoms with E-state index < -0.39 is 0 Å². The van der Waals surface area contributed by atoms with Gasteiger partial charge in [0.2, 0.25) is 0 Å². The van der Waals surface area contributed by atoms with Gasteiger partial charge in [-0.05, 0) is 12.1 Å². The van der Waals surface area contributed by atoms with Crippen LogP contribution in [-0.4, -0.2) is 23.0 Å². The molecule has 8 heteroatoms. The maximum Gasteiger partial charge on any atom is 0.319 e. The number of anilines is 2. The number of aromatic nitrogens is 2. The van der Waals surface area contributed by atoms with Gasteiger partial charge in [-0.3, -0.25) is 0 Å². The molecule has 2 aromatic rings. The normalized spacial score (nSPS) is 10.0. The number of halogens is 1. The molecule has 2 rings (SSSR count). The van der Waals surface area contributed by atoms with E-state index in [1.165, 1.54) is 11.3 Å². The zero-order valence-electron chi connectivity index (χ0n) is 10.1. The lowest BCUT2D eigenvalue weighted by atomic mass is 10.4. The van der Waals surface area contributed by atoms with Gasteiger partial charge in [-0.25, -0.2) is 14.8 Å². The maximum absolute atomic E-state index is 11.7. The third kappa shape index (κ3) is 3.80. The van der Waals surface area contributed by atoms with E-state index in [0.29, 0.717) is 12.2 Å². The van der Waals surface area contributed by atoms with Crippen molar-refractivity contribution < 1.29 is 4.79 Å². The Morgan fingerprint density at radius 3 is 3.05 bits per heavy atom. The van der Waals surface area contributed by atoms with Gasteiger partial charge in [0.25, 0.3) is 0 Å². The van der Waals surface area contributed by atoms with E-state index in [4.69, 9.17) is 11.6 Å². The minimum atomic E-state index is -0.353. The molecule has 2 heterocycles. The number of carbonyl (C=O) groups excluding carboxylic acids is 1. The number of amides is 2. The number of nitrogens with zero attached hydrogens (tertiary/aromatic N) is 2. The molecule has 0 aliphatic carbocycles. The van der Waals surface area contributed by atoms with Crippen LogP contribution in [0.3, 0.4) is 0 Å². The molecule has 0 aliphatic heterocycles. The standard InChI is InChI=1S/C11H12ClN5OS/c1-13-11-16-7(6-19-11)5-15-10(18)17-8-3-2-4-14-9(8)12/h2-4,6H,5H2,1H3,(H,13,16)(H2,15,17,18). The Hall–Kier alpha value is -1.86. The number of hydrogen-bond acceptors (Lipinski definition) is 5. The molecular formula is C11H12ClN5OS. The average molecular weight is 298 g/mol. The van der Waals surface area contributed by atoms with E-state index >= 15 is 0 Å². The molecule has 0 aliphatic rings. The smallest absolute Gasteiger partial charge is 0.319 e. The molecule has 0 fully saturated rings. The molecule has 0 radical (unpaired) electrons. The number of pyridine rings is 1. The van der Waals surface area contributed by atoms with E-state index in [-0.39, 0.29) is 11.2 Å². The molecule has 6 nitrogen and oxygen atoms in total. The fraction of sp³-hybridized carbons (Fsp3) is 0.182. The highest BCUT2D eigenvalue weighted by Gasteiger charge is 2.06. The maximum atomic E-state index is 11.7. The molecule has 0 bridgehead atoms. The number of thiazole rings is 1. The summed E-state index contributed by atoms with van der Waals surface area (Å²) in [4.78, 5) is 19.8. The van der Waals surface area contributed by atoms with Gasteiger partial charge in [-0.15, -0.1) is 11.3 Å². The van der Waals surface area contributed by atoms with Gasteiger partial charge in [-0.2, -0.15) is 0 Å². The molecule has 0 atom stereocenters. The highest BCUT2D eigenvalue weighted by Crippen LogP contribution is 2.17. The van der Waals surface area contributed by atoms with E-state index in [9.17, 15) is 4.79 Å². The van der Waals surface area contributed by atoms with Crippen molar-refractivity contribution in [1.82, 2.24) is 15.3 Å². The number of hydrogen-bond donors (Lipinski definition) is 3. The van der Waals surface area contributed by atoms with E-state index in [1.54, 1.807) is 25.4 Å². The van der Waals surface area contributed by atoms with Crippen LogP contribution in [0.15, 0.2) is 23.7 Å². The lowest BCUT2D eigenvalue weighted by molar-refractivity contribution is 0.251. The Labute approximate surface area is 119 Å². The monoisotopic (exact) mass is 297 g/mol. The Morgan fingerprint density at radius 1 is 1.53 bits per heavy atom. The van der Waals surface area contributed by atoms with Crippen LogP contribution in [0.5, 0.6) is 0 Å². The molecule has 3 N–H and O–H groups in total. The predicted molar refractivity (Wildman–Crippen MR) is 76.8 cm³/mol. The second-order valence-electron chi connectivity index (χ2n) is 3.54. The number of rotatable bonds is 4. The Kier molecular flexibility index (Phi) is 4.53. The van der Waals surface area contributed by atoms with Crippen LogP contribution in [0.1, 0.15) is 5.69 Å². The molecule has 0 saturated heterocycles. The summed E-state index contributed by atoms with van der Waals surface area (Å²) in [7, 11) is 1.80. The van der Waals surface area contributed by atoms with Crippen molar-refractivity contribution in [3.63, 3.8) is 0 Å². The highest BCUT2D eigenvalue weighted by atomic mass is 35.5. The van der Waals surface area contributed by atoms with Crippen molar-refractivity contribution in [3.05, 3.63) is 34.6 Å². The Bertz CT molecular complexity index is 574. The van der Waals surface area contributed by atoms with Gasteiger partial charge in [0, 0.05) is 18.6 Å². The number of carbonyl (C=O) groups is 1. The van der Waals surface area contributed by atoms with Crippen LogP contribution in [0.2, 0.25) is 5.15 Å². The highest BCUT2D eigenvalue weighted by molar-refractivity contribution is 7.13. The molecule has 2 aromatic heterocycles. The number of urea groups is 1.